The smallest absolute Gasteiger partial charge is 0.339 e. The molecule has 146 valence electrons. The third-order valence-electron chi connectivity index (χ3n) is 5.64. The van der Waals surface area contributed by atoms with Gasteiger partial charge in [0.05, 0.1) is 24.3 Å². The maximum absolute atomic E-state index is 12.5. The van der Waals surface area contributed by atoms with Crippen LogP contribution in [0.5, 0.6) is 0 Å². The highest BCUT2D eigenvalue weighted by Gasteiger charge is 2.28. The predicted molar refractivity (Wildman–Crippen MR) is 104 cm³/mol. The van der Waals surface area contributed by atoms with Gasteiger partial charge in [0, 0.05) is 10.8 Å². The molecule has 1 aromatic carbocycles. The van der Waals surface area contributed by atoms with Gasteiger partial charge in [-0.05, 0) is 24.0 Å². The molecule has 4 heteroatoms. The van der Waals surface area contributed by atoms with Crippen LogP contribution in [0.25, 0.3) is 0 Å². The Bertz CT molecular complexity index is 572. The summed E-state index contributed by atoms with van der Waals surface area (Å²) < 4.78 is 11.0. The molecule has 4 nitrogen and oxygen atoms in total. The molecule has 0 heterocycles. The second-order valence-electron chi connectivity index (χ2n) is 8.98. The number of benzene rings is 1. The van der Waals surface area contributed by atoms with Crippen molar-refractivity contribution in [3.8, 4) is 0 Å². The number of esters is 2. The average Bonchev–Trinajstić information content (AvgIpc) is 2.57. The van der Waals surface area contributed by atoms with Gasteiger partial charge in [-0.15, -0.1) is 0 Å². The van der Waals surface area contributed by atoms with Crippen LogP contribution >= 0.6 is 0 Å². The van der Waals surface area contributed by atoms with E-state index in [1.807, 2.05) is 0 Å². The maximum atomic E-state index is 12.5. The van der Waals surface area contributed by atoms with Gasteiger partial charge in [-0.2, -0.15) is 0 Å². The molecule has 0 aliphatic carbocycles. The lowest BCUT2D eigenvalue weighted by atomic mass is 9.82. The molecule has 0 N–H and O–H groups in total. The van der Waals surface area contributed by atoms with Crippen LogP contribution in [0.15, 0.2) is 24.3 Å². The number of rotatable bonds is 8. The minimum absolute atomic E-state index is 0.133. The number of hydrogen-bond acceptors (Lipinski definition) is 4. The predicted octanol–water partition coefficient (Wildman–Crippen LogP) is 5.36. The van der Waals surface area contributed by atoms with Crippen molar-refractivity contribution in [1.82, 2.24) is 0 Å². The van der Waals surface area contributed by atoms with Crippen LogP contribution in [-0.2, 0) is 9.47 Å². The van der Waals surface area contributed by atoms with E-state index in [4.69, 9.17) is 9.47 Å². The number of carbonyl (C=O) groups excluding carboxylic acids is 2. The summed E-state index contributed by atoms with van der Waals surface area (Å²) >= 11 is 0. The number of carbonyl (C=O) groups is 2. The van der Waals surface area contributed by atoms with Crippen LogP contribution in [0.3, 0.4) is 0 Å². The summed E-state index contributed by atoms with van der Waals surface area (Å²) in [6.45, 7) is 17.2. The van der Waals surface area contributed by atoms with E-state index < -0.39 is 11.9 Å². The van der Waals surface area contributed by atoms with E-state index in [1.165, 1.54) is 0 Å². The molecule has 0 aromatic heterocycles. The Labute approximate surface area is 158 Å². The Morgan fingerprint density at radius 3 is 1.35 bits per heavy atom. The molecule has 0 radical (unpaired) electrons. The molecular weight excluding hydrogens is 328 g/mol. The molecule has 0 spiro atoms. The lowest BCUT2D eigenvalue weighted by Gasteiger charge is -2.29. The molecule has 26 heavy (non-hydrogen) atoms. The van der Waals surface area contributed by atoms with Gasteiger partial charge in [0.15, 0.2) is 0 Å². The Morgan fingerprint density at radius 2 is 1.08 bits per heavy atom. The van der Waals surface area contributed by atoms with Crippen LogP contribution in [0.1, 0.15) is 76.1 Å². The monoisotopic (exact) mass is 362 g/mol. The summed E-state index contributed by atoms with van der Waals surface area (Å²) in [6.07, 6.45) is 0. The van der Waals surface area contributed by atoms with E-state index in [0.717, 1.165) is 0 Å². The number of hydrogen-bond donors (Lipinski definition) is 0. The van der Waals surface area contributed by atoms with Crippen LogP contribution in [0, 0.1) is 22.7 Å². The molecule has 0 aliphatic rings. The Balaban J connectivity index is 2.87. The highest BCUT2D eigenvalue weighted by atomic mass is 16.5. The lowest BCUT2D eigenvalue weighted by molar-refractivity contribution is 0.0214. The van der Waals surface area contributed by atoms with Crippen molar-refractivity contribution >= 4 is 11.9 Å². The molecule has 0 unspecified atom stereocenters. The first-order valence-electron chi connectivity index (χ1n) is 9.32. The first-order chi connectivity index (χ1) is 11.9. The van der Waals surface area contributed by atoms with E-state index in [1.54, 1.807) is 24.3 Å². The zero-order chi connectivity index (χ0) is 20.1. The summed E-state index contributed by atoms with van der Waals surface area (Å²) in [6, 6.07) is 6.65. The first-order valence-corrected chi connectivity index (χ1v) is 9.32. The van der Waals surface area contributed by atoms with Crippen molar-refractivity contribution in [2.24, 2.45) is 22.7 Å². The van der Waals surface area contributed by atoms with E-state index in [0.29, 0.717) is 25.0 Å². The average molecular weight is 363 g/mol. The molecule has 0 bridgehead atoms. The minimum Gasteiger partial charge on any atom is -0.461 e. The summed E-state index contributed by atoms with van der Waals surface area (Å²) in [5.74, 6) is -0.244. The van der Waals surface area contributed by atoms with Crippen molar-refractivity contribution in [1.29, 1.82) is 0 Å². The summed E-state index contributed by atoms with van der Waals surface area (Å²) in [7, 11) is 0. The molecule has 0 saturated carbocycles. The van der Waals surface area contributed by atoms with E-state index in [9.17, 15) is 9.59 Å². The van der Waals surface area contributed by atoms with Crippen molar-refractivity contribution in [2.75, 3.05) is 13.2 Å². The normalized spacial score (nSPS) is 12.4. The van der Waals surface area contributed by atoms with E-state index in [-0.39, 0.29) is 22.0 Å². The molecule has 0 atom stereocenters. The number of ether oxygens (including phenoxy) is 2. The van der Waals surface area contributed by atoms with Gasteiger partial charge in [0.2, 0.25) is 0 Å². The molecule has 0 aliphatic heterocycles. The summed E-state index contributed by atoms with van der Waals surface area (Å²) in [5, 5.41) is 0. The third-order valence-corrected chi connectivity index (χ3v) is 5.64. The fourth-order valence-corrected chi connectivity index (χ4v) is 1.83. The molecule has 0 amide bonds. The highest BCUT2D eigenvalue weighted by Crippen LogP contribution is 2.28. The zero-order valence-electron chi connectivity index (χ0n) is 17.5. The SMILES string of the molecule is CC(C)C(C)(C)COC(=O)c1ccccc1C(=O)OCC(C)(C)C(C)C. The maximum Gasteiger partial charge on any atom is 0.339 e. The second-order valence-corrected chi connectivity index (χ2v) is 8.98. The van der Waals surface area contributed by atoms with Crippen molar-refractivity contribution in [3.63, 3.8) is 0 Å². The highest BCUT2D eigenvalue weighted by molar-refractivity contribution is 6.03. The van der Waals surface area contributed by atoms with Gasteiger partial charge in [0.1, 0.15) is 0 Å². The fourth-order valence-electron chi connectivity index (χ4n) is 1.83. The van der Waals surface area contributed by atoms with Crippen LogP contribution < -0.4 is 0 Å². The van der Waals surface area contributed by atoms with Gasteiger partial charge in [-0.25, -0.2) is 9.59 Å². The van der Waals surface area contributed by atoms with Crippen LogP contribution in [0.4, 0.5) is 0 Å². The zero-order valence-corrected chi connectivity index (χ0v) is 17.5. The van der Waals surface area contributed by atoms with Gasteiger partial charge < -0.3 is 9.47 Å². The first kappa shape index (κ1) is 22.2. The van der Waals surface area contributed by atoms with Gasteiger partial charge >= 0.3 is 11.9 Å². The summed E-state index contributed by atoms with van der Waals surface area (Å²) in [5.41, 5.74) is 0.234. The van der Waals surface area contributed by atoms with Crippen LogP contribution in [-0.4, -0.2) is 25.2 Å². The lowest BCUT2D eigenvalue weighted by Crippen LogP contribution is -2.29. The Morgan fingerprint density at radius 1 is 0.769 bits per heavy atom. The van der Waals surface area contributed by atoms with E-state index >= 15 is 0 Å². The molecule has 0 saturated heterocycles. The summed E-state index contributed by atoms with van der Waals surface area (Å²) in [4.78, 5) is 25.0. The fraction of sp³-hybridized carbons (Fsp3) is 0.636. The van der Waals surface area contributed by atoms with Gasteiger partial charge in [0.25, 0.3) is 0 Å². The molecule has 1 rings (SSSR count). The standard InChI is InChI=1S/C22H34O4/c1-15(2)21(5,6)13-25-19(23)17-11-9-10-12-18(17)20(24)26-14-22(7,8)16(3)4/h9-12,15-16H,13-14H2,1-8H3. The Kier molecular flexibility index (Phi) is 7.43. The topological polar surface area (TPSA) is 52.6 Å². The van der Waals surface area contributed by atoms with Gasteiger partial charge in [-0.1, -0.05) is 67.5 Å². The van der Waals surface area contributed by atoms with Gasteiger partial charge in [-0.3, -0.25) is 0 Å². The third kappa shape index (κ3) is 5.86. The van der Waals surface area contributed by atoms with Crippen LogP contribution in [0.2, 0.25) is 0 Å². The quantitative estimate of drug-likeness (QED) is 0.584. The van der Waals surface area contributed by atoms with Crippen molar-refractivity contribution in [3.05, 3.63) is 35.4 Å². The molecular formula is C22H34O4. The van der Waals surface area contributed by atoms with Crippen molar-refractivity contribution in [2.45, 2.75) is 55.4 Å². The van der Waals surface area contributed by atoms with E-state index in [2.05, 4.69) is 55.4 Å². The molecule has 0 fully saturated rings. The largest absolute Gasteiger partial charge is 0.461 e. The second kappa shape index (κ2) is 8.70. The minimum atomic E-state index is -0.491. The molecule has 1 aromatic rings. The Hall–Kier alpha value is -1.84. The van der Waals surface area contributed by atoms with Crippen molar-refractivity contribution < 1.29 is 19.1 Å².